The van der Waals surface area contributed by atoms with E-state index >= 15 is 0 Å². The fraction of sp³-hybridized carbons (Fsp3) is 0.0588. The monoisotopic (exact) mass is 440 g/mol. The maximum absolute atomic E-state index is 11.5. The molecule has 0 bridgehead atoms. The lowest BCUT2D eigenvalue weighted by Crippen LogP contribution is -1.98. The van der Waals surface area contributed by atoms with Crippen LogP contribution in [-0.2, 0) is 10.1 Å². The average Bonchev–Trinajstić information content (AvgIpc) is 3.42. The van der Waals surface area contributed by atoms with E-state index in [9.17, 15) is 13.0 Å². The molecule has 5 rings (SSSR count). The van der Waals surface area contributed by atoms with Gasteiger partial charge in [-0.15, -0.1) is 10.2 Å². The van der Waals surface area contributed by atoms with Crippen LogP contribution in [0.3, 0.4) is 0 Å². The lowest BCUT2D eigenvalue weighted by atomic mass is 10.2. The minimum atomic E-state index is -4.43. The Morgan fingerprint density at radius 3 is 2.60 bits per heavy atom. The van der Waals surface area contributed by atoms with Crippen molar-refractivity contribution in [3.63, 3.8) is 0 Å². The van der Waals surface area contributed by atoms with E-state index in [1.54, 1.807) is 11.4 Å². The number of hydrogen-bond donors (Lipinski definition) is 2. The number of aromatic nitrogens is 6. The van der Waals surface area contributed by atoms with Crippen LogP contribution in [0.25, 0.3) is 28.1 Å². The summed E-state index contributed by atoms with van der Waals surface area (Å²) in [7, 11) is -4.43. The lowest BCUT2D eigenvalue weighted by Gasteiger charge is -1.99. The van der Waals surface area contributed by atoms with Crippen LogP contribution in [-0.4, -0.2) is 41.5 Å². The molecule has 3 heterocycles. The molecule has 0 radical (unpaired) electrons. The van der Waals surface area contributed by atoms with Crippen LogP contribution in [0.1, 0.15) is 5.69 Å². The van der Waals surface area contributed by atoms with Gasteiger partial charge in [0.25, 0.3) is 10.1 Å². The number of nitrogens with one attached hydrogen (secondary N) is 1. The van der Waals surface area contributed by atoms with Crippen molar-refractivity contribution in [2.45, 2.75) is 11.8 Å². The van der Waals surface area contributed by atoms with Gasteiger partial charge in [-0.1, -0.05) is 30.3 Å². The summed E-state index contributed by atoms with van der Waals surface area (Å²) >= 11 is 0.817. The standard InChI is InChI=1S/C17H12N8O3S2/c1-9-13(17-21-20-16(25(17)22-9)10-5-3-2-4-6-10)19-18-11-7-8-12(30(26,27)28)15-14(11)23-29-24-15/h2-8,21H,1H3,(H,26,27,28)/b19-18+. The number of aryl methyl sites for hydroxylation is 1. The number of fused-ring (bicyclic) bond motifs is 2. The first-order chi connectivity index (χ1) is 14.4. The molecule has 11 nitrogen and oxygen atoms in total. The SMILES string of the molecule is Cc1nn2c(-c3ccccc3)n[nH]c2c1/N=N/c1ccc(S(=O)(=O)O)c2nsnc12. The van der Waals surface area contributed by atoms with E-state index in [2.05, 4.69) is 34.3 Å². The van der Waals surface area contributed by atoms with E-state index in [0.717, 1.165) is 17.3 Å². The van der Waals surface area contributed by atoms with Crippen LogP contribution >= 0.6 is 11.7 Å². The van der Waals surface area contributed by atoms with Gasteiger partial charge >= 0.3 is 0 Å². The van der Waals surface area contributed by atoms with Gasteiger partial charge in [0.15, 0.2) is 17.2 Å². The summed E-state index contributed by atoms with van der Waals surface area (Å²) in [5.74, 6) is 0.638. The summed E-state index contributed by atoms with van der Waals surface area (Å²) in [5, 5.41) is 20.2. The van der Waals surface area contributed by atoms with Gasteiger partial charge in [0.2, 0.25) is 0 Å². The van der Waals surface area contributed by atoms with E-state index < -0.39 is 10.1 Å². The minimum absolute atomic E-state index is 0.0451. The second kappa shape index (κ2) is 6.76. The van der Waals surface area contributed by atoms with E-state index in [1.807, 2.05) is 30.3 Å². The molecule has 0 atom stereocenters. The topological polar surface area (TPSA) is 151 Å². The molecule has 2 aromatic carbocycles. The normalized spacial score (nSPS) is 12.5. The van der Waals surface area contributed by atoms with Gasteiger partial charge in [0.05, 0.1) is 17.4 Å². The highest BCUT2D eigenvalue weighted by atomic mass is 32.2. The first-order valence-electron chi connectivity index (χ1n) is 8.57. The highest BCUT2D eigenvalue weighted by Crippen LogP contribution is 2.33. The molecule has 0 saturated heterocycles. The van der Waals surface area contributed by atoms with Crippen molar-refractivity contribution in [1.29, 1.82) is 0 Å². The van der Waals surface area contributed by atoms with E-state index in [-0.39, 0.29) is 15.9 Å². The molecule has 150 valence electrons. The van der Waals surface area contributed by atoms with E-state index in [0.29, 0.717) is 28.5 Å². The maximum Gasteiger partial charge on any atom is 0.296 e. The fourth-order valence-electron chi connectivity index (χ4n) is 3.04. The third-order valence-electron chi connectivity index (χ3n) is 4.42. The average molecular weight is 440 g/mol. The highest BCUT2D eigenvalue weighted by molar-refractivity contribution is 7.86. The largest absolute Gasteiger partial charge is 0.296 e. The maximum atomic E-state index is 11.5. The van der Waals surface area contributed by atoms with Gasteiger partial charge in [0, 0.05) is 5.56 Å². The zero-order valence-electron chi connectivity index (χ0n) is 15.3. The van der Waals surface area contributed by atoms with E-state index in [1.165, 1.54) is 12.1 Å². The molecule has 0 spiro atoms. The quantitative estimate of drug-likeness (QED) is 0.319. The number of aromatic amines is 1. The van der Waals surface area contributed by atoms with Crippen LogP contribution in [0.4, 0.5) is 11.4 Å². The van der Waals surface area contributed by atoms with Crippen molar-refractivity contribution < 1.29 is 13.0 Å². The van der Waals surface area contributed by atoms with Crippen molar-refractivity contribution in [3.8, 4) is 11.4 Å². The smallest absolute Gasteiger partial charge is 0.282 e. The van der Waals surface area contributed by atoms with Crippen LogP contribution < -0.4 is 0 Å². The highest BCUT2D eigenvalue weighted by Gasteiger charge is 2.20. The number of benzene rings is 2. The Hall–Kier alpha value is -3.55. The Balaban J connectivity index is 1.60. The molecule has 0 saturated carbocycles. The van der Waals surface area contributed by atoms with Gasteiger partial charge in [-0.3, -0.25) is 9.65 Å². The third-order valence-corrected chi connectivity index (χ3v) is 5.84. The molecule has 30 heavy (non-hydrogen) atoms. The predicted molar refractivity (Wildman–Crippen MR) is 109 cm³/mol. The van der Waals surface area contributed by atoms with Crippen molar-refractivity contribution in [2.24, 2.45) is 10.2 Å². The number of rotatable bonds is 4. The van der Waals surface area contributed by atoms with Crippen LogP contribution in [0.2, 0.25) is 0 Å². The summed E-state index contributed by atoms with van der Waals surface area (Å²) in [5.41, 5.74) is 3.17. The molecule has 0 fully saturated rings. The molecule has 5 aromatic rings. The number of hydrogen-bond acceptors (Lipinski definition) is 9. The first-order valence-corrected chi connectivity index (χ1v) is 10.7. The zero-order chi connectivity index (χ0) is 20.9. The lowest BCUT2D eigenvalue weighted by molar-refractivity contribution is 0.484. The molecule has 3 aromatic heterocycles. The molecule has 0 aliphatic heterocycles. The van der Waals surface area contributed by atoms with Crippen LogP contribution in [0, 0.1) is 6.92 Å². The second-order valence-electron chi connectivity index (χ2n) is 6.33. The molecule has 0 amide bonds. The van der Waals surface area contributed by atoms with Gasteiger partial charge in [-0.05, 0) is 19.1 Å². The molecule has 0 aliphatic carbocycles. The summed E-state index contributed by atoms with van der Waals surface area (Å²) in [6, 6.07) is 12.2. The second-order valence-corrected chi connectivity index (χ2v) is 8.25. The van der Waals surface area contributed by atoms with Crippen molar-refractivity contribution in [2.75, 3.05) is 0 Å². The Bertz CT molecular complexity index is 1530. The molecular weight excluding hydrogens is 428 g/mol. The summed E-state index contributed by atoms with van der Waals surface area (Å²) in [6.07, 6.45) is 0. The Kier molecular flexibility index (Phi) is 4.16. The zero-order valence-corrected chi connectivity index (χ0v) is 16.9. The summed E-state index contributed by atoms with van der Waals surface area (Å²) in [4.78, 5) is -0.324. The fourth-order valence-corrected chi connectivity index (χ4v) is 4.30. The summed E-state index contributed by atoms with van der Waals surface area (Å²) < 4.78 is 42.1. The van der Waals surface area contributed by atoms with Crippen LogP contribution in [0.15, 0.2) is 57.6 Å². The third kappa shape index (κ3) is 2.96. The van der Waals surface area contributed by atoms with Crippen molar-refractivity contribution >= 4 is 49.9 Å². The molecule has 0 unspecified atom stereocenters. The Morgan fingerprint density at radius 1 is 1.07 bits per heavy atom. The van der Waals surface area contributed by atoms with Crippen LogP contribution in [0.5, 0.6) is 0 Å². The van der Waals surface area contributed by atoms with Gasteiger partial charge in [-0.25, -0.2) is 0 Å². The van der Waals surface area contributed by atoms with Gasteiger partial charge < -0.3 is 0 Å². The molecule has 0 aliphatic rings. The number of H-pyrrole nitrogens is 1. The minimum Gasteiger partial charge on any atom is -0.282 e. The Labute approximate surface area is 173 Å². The predicted octanol–water partition coefficient (Wildman–Crippen LogP) is 3.70. The molecule has 2 N–H and O–H groups in total. The summed E-state index contributed by atoms with van der Waals surface area (Å²) in [6.45, 7) is 1.80. The molecular formula is C17H12N8O3S2. The van der Waals surface area contributed by atoms with Gasteiger partial charge in [-0.2, -0.15) is 31.9 Å². The first kappa shape index (κ1) is 18.5. The number of nitrogens with zero attached hydrogens (tertiary/aromatic N) is 7. The van der Waals surface area contributed by atoms with Crippen molar-refractivity contribution in [3.05, 3.63) is 48.2 Å². The Morgan fingerprint density at radius 2 is 1.83 bits per heavy atom. The molecule has 13 heteroatoms. The van der Waals surface area contributed by atoms with Gasteiger partial charge in [0.1, 0.15) is 21.6 Å². The van der Waals surface area contributed by atoms with E-state index in [4.69, 9.17) is 0 Å². The van der Waals surface area contributed by atoms with Crippen molar-refractivity contribution in [1.82, 2.24) is 28.6 Å². The number of azo groups is 1.